The van der Waals surface area contributed by atoms with Crippen LogP contribution in [0.15, 0.2) is 60.7 Å². The largest absolute Gasteiger partial charge is 0.519 e. The first-order valence-electron chi connectivity index (χ1n) is 9.16. The maximum absolute atomic E-state index is 11.3. The Morgan fingerprint density at radius 2 is 1.00 bits per heavy atom. The smallest absolute Gasteiger partial charge is 0.434 e. The molecule has 28 heavy (non-hydrogen) atoms. The van der Waals surface area contributed by atoms with Crippen molar-refractivity contribution in [2.24, 2.45) is 11.8 Å². The van der Waals surface area contributed by atoms with Gasteiger partial charge in [0.15, 0.2) is 0 Å². The van der Waals surface area contributed by atoms with Crippen molar-refractivity contribution >= 4 is 12.3 Å². The fraction of sp³-hybridized carbons (Fsp3) is 0.364. The van der Waals surface area contributed by atoms with Gasteiger partial charge in [-0.2, -0.15) is 0 Å². The van der Waals surface area contributed by atoms with Crippen LogP contribution in [0.5, 0.6) is 11.5 Å². The van der Waals surface area contributed by atoms with E-state index in [0.29, 0.717) is 36.5 Å². The third-order valence-corrected chi connectivity index (χ3v) is 2.96. The summed E-state index contributed by atoms with van der Waals surface area (Å²) in [5.74, 6) is 1.64. The summed E-state index contributed by atoms with van der Waals surface area (Å²) in [5, 5.41) is 0. The van der Waals surface area contributed by atoms with E-state index < -0.39 is 12.3 Å². The normalized spacial score (nSPS) is 9.93. The molecule has 0 amide bonds. The van der Waals surface area contributed by atoms with Gasteiger partial charge in [-0.3, -0.25) is 0 Å². The maximum Gasteiger partial charge on any atom is 0.519 e. The number of para-hydroxylation sites is 2. The molecule has 0 atom stereocenters. The van der Waals surface area contributed by atoms with Gasteiger partial charge in [0.2, 0.25) is 0 Å². The summed E-state index contributed by atoms with van der Waals surface area (Å²) in [6.45, 7) is 8.78. The highest BCUT2D eigenvalue weighted by atomic mass is 16.7. The topological polar surface area (TPSA) is 71.1 Å². The van der Waals surface area contributed by atoms with Gasteiger partial charge >= 0.3 is 12.3 Å². The summed E-state index contributed by atoms with van der Waals surface area (Å²) in [7, 11) is 0. The van der Waals surface area contributed by atoms with Crippen molar-refractivity contribution in [2.75, 3.05) is 13.2 Å². The first kappa shape index (κ1) is 23.0. The van der Waals surface area contributed by atoms with Crippen molar-refractivity contribution in [2.45, 2.75) is 27.7 Å². The molecule has 6 heteroatoms. The number of benzene rings is 2. The van der Waals surface area contributed by atoms with Crippen LogP contribution in [0, 0.1) is 11.8 Å². The predicted octanol–water partition coefficient (Wildman–Crippen LogP) is 5.72. The van der Waals surface area contributed by atoms with Crippen molar-refractivity contribution in [1.29, 1.82) is 0 Å². The Labute approximate surface area is 166 Å². The second-order valence-electron chi connectivity index (χ2n) is 6.74. The molecule has 0 saturated carbocycles. The van der Waals surface area contributed by atoms with Gasteiger partial charge < -0.3 is 18.9 Å². The molecule has 0 bridgehead atoms. The quantitative estimate of drug-likeness (QED) is 0.466. The van der Waals surface area contributed by atoms with E-state index in [1.165, 1.54) is 0 Å². The minimum Gasteiger partial charge on any atom is -0.434 e. The van der Waals surface area contributed by atoms with E-state index in [4.69, 9.17) is 18.9 Å². The number of hydrogen-bond donors (Lipinski definition) is 0. The van der Waals surface area contributed by atoms with E-state index in [9.17, 15) is 9.59 Å². The van der Waals surface area contributed by atoms with E-state index in [0.717, 1.165) is 0 Å². The number of hydrogen-bond acceptors (Lipinski definition) is 6. The molecule has 0 fully saturated rings. The average molecular weight is 388 g/mol. The van der Waals surface area contributed by atoms with Gasteiger partial charge in [-0.25, -0.2) is 9.59 Å². The second-order valence-corrected chi connectivity index (χ2v) is 6.74. The van der Waals surface area contributed by atoms with E-state index >= 15 is 0 Å². The zero-order valence-corrected chi connectivity index (χ0v) is 16.8. The minimum absolute atomic E-state index is 0.358. The van der Waals surface area contributed by atoms with Crippen molar-refractivity contribution < 1.29 is 28.5 Å². The maximum atomic E-state index is 11.3. The Hall–Kier alpha value is -3.02. The van der Waals surface area contributed by atoms with Gasteiger partial charge in [0.25, 0.3) is 0 Å². The molecule has 0 aliphatic rings. The van der Waals surface area contributed by atoms with Crippen LogP contribution in [0.1, 0.15) is 27.7 Å². The lowest BCUT2D eigenvalue weighted by Gasteiger charge is -2.08. The SMILES string of the molecule is CC(C)COC(=O)OCC(C)C.O=C(Oc1ccccc1)Oc1ccccc1. The molecule has 0 unspecified atom stereocenters. The van der Waals surface area contributed by atoms with Crippen LogP contribution in [-0.4, -0.2) is 25.5 Å². The molecule has 0 saturated heterocycles. The summed E-state index contributed by atoms with van der Waals surface area (Å²) >= 11 is 0. The van der Waals surface area contributed by atoms with Gasteiger partial charge in [-0.05, 0) is 36.1 Å². The molecular formula is C22H28O6. The second kappa shape index (κ2) is 13.2. The van der Waals surface area contributed by atoms with Crippen LogP contribution >= 0.6 is 0 Å². The Kier molecular flexibility index (Phi) is 10.8. The lowest BCUT2D eigenvalue weighted by atomic mass is 10.2. The number of ether oxygens (including phenoxy) is 4. The minimum atomic E-state index is -0.739. The lowest BCUT2D eigenvalue weighted by Crippen LogP contribution is -2.14. The Bertz CT molecular complexity index is 625. The first-order valence-corrected chi connectivity index (χ1v) is 9.16. The van der Waals surface area contributed by atoms with Crippen molar-refractivity contribution in [3.63, 3.8) is 0 Å². The number of carbonyl (C=O) groups excluding carboxylic acids is 2. The van der Waals surface area contributed by atoms with Gasteiger partial charge in [0.1, 0.15) is 11.5 Å². The summed E-state index contributed by atoms with van der Waals surface area (Å²) in [5.41, 5.74) is 0. The summed E-state index contributed by atoms with van der Waals surface area (Å²) in [6.07, 6.45) is -1.30. The molecule has 0 spiro atoms. The van der Waals surface area contributed by atoms with Gasteiger partial charge in [0.05, 0.1) is 13.2 Å². The highest BCUT2D eigenvalue weighted by molar-refractivity contribution is 5.66. The molecule has 2 aromatic carbocycles. The van der Waals surface area contributed by atoms with E-state index in [1.807, 2.05) is 39.8 Å². The Balaban J connectivity index is 0.000000295. The average Bonchev–Trinajstić information content (AvgIpc) is 2.66. The number of rotatable bonds is 6. The molecule has 0 radical (unpaired) electrons. The first-order chi connectivity index (χ1) is 13.4. The van der Waals surface area contributed by atoms with Crippen molar-refractivity contribution in [3.8, 4) is 11.5 Å². The molecule has 0 aromatic heterocycles. The molecule has 2 rings (SSSR count). The Morgan fingerprint density at radius 1 is 0.643 bits per heavy atom. The van der Waals surface area contributed by atoms with Gasteiger partial charge in [-0.1, -0.05) is 64.1 Å². The monoisotopic (exact) mass is 388 g/mol. The van der Waals surface area contributed by atoms with E-state index in [1.54, 1.807) is 48.5 Å². The lowest BCUT2D eigenvalue weighted by molar-refractivity contribution is 0.0404. The Morgan fingerprint density at radius 3 is 1.32 bits per heavy atom. The summed E-state index contributed by atoms with van der Waals surface area (Å²) < 4.78 is 19.5. The zero-order valence-electron chi connectivity index (χ0n) is 16.8. The molecule has 0 aliphatic carbocycles. The fourth-order valence-electron chi connectivity index (χ4n) is 1.70. The van der Waals surface area contributed by atoms with Gasteiger partial charge in [0, 0.05) is 0 Å². The number of carbonyl (C=O) groups is 2. The highest BCUT2D eigenvalue weighted by Crippen LogP contribution is 2.12. The molecule has 0 aliphatic heterocycles. The molecule has 2 aromatic rings. The van der Waals surface area contributed by atoms with Crippen LogP contribution in [0.4, 0.5) is 9.59 Å². The summed E-state index contributed by atoms with van der Waals surface area (Å²) in [4.78, 5) is 22.1. The van der Waals surface area contributed by atoms with E-state index in [-0.39, 0.29) is 0 Å². The van der Waals surface area contributed by atoms with E-state index in [2.05, 4.69) is 0 Å². The van der Waals surface area contributed by atoms with Crippen LogP contribution in [-0.2, 0) is 9.47 Å². The third-order valence-electron chi connectivity index (χ3n) is 2.96. The van der Waals surface area contributed by atoms with Crippen molar-refractivity contribution in [3.05, 3.63) is 60.7 Å². The van der Waals surface area contributed by atoms with Crippen LogP contribution in [0.2, 0.25) is 0 Å². The third kappa shape index (κ3) is 11.6. The van der Waals surface area contributed by atoms with Crippen molar-refractivity contribution in [1.82, 2.24) is 0 Å². The summed E-state index contributed by atoms with van der Waals surface area (Å²) in [6, 6.07) is 17.6. The van der Waals surface area contributed by atoms with Crippen LogP contribution in [0.3, 0.4) is 0 Å². The van der Waals surface area contributed by atoms with Crippen LogP contribution in [0.25, 0.3) is 0 Å². The standard InChI is InChI=1S/C13H10O3.C9H18O3/c14-13(15-11-7-3-1-4-8-11)16-12-9-5-2-6-10-12;1-7(2)5-11-9(10)12-6-8(3)4/h1-10H;7-8H,5-6H2,1-4H3. The van der Waals surface area contributed by atoms with Gasteiger partial charge in [-0.15, -0.1) is 0 Å². The molecule has 0 heterocycles. The molecular weight excluding hydrogens is 360 g/mol. The highest BCUT2D eigenvalue weighted by Gasteiger charge is 2.07. The molecule has 152 valence electrons. The molecule has 6 nitrogen and oxygen atoms in total. The fourth-order valence-corrected chi connectivity index (χ4v) is 1.70. The molecule has 0 N–H and O–H groups in total. The van der Waals surface area contributed by atoms with Crippen LogP contribution < -0.4 is 9.47 Å². The zero-order chi connectivity index (χ0) is 20.8. The predicted molar refractivity (Wildman–Crippen MR) is 107 cm³/mol.